The summed E-state index contributed by atoms with van der Waals surface area (Å²) < 4.78 is 5.01. The highest BCUT2D eigenvalue weighted by Crippen LogP contribution is 2.40. The van der Waals surface area contributed by atoms with Crippen LogP contribution in [0.3, 0.4) is 0 Å². The maximum Gasteiger partial charge on any atom is 0.255 e. The van der Waals surface area contributed by atoms with Crippen molar-refractivity contribution in [1.29, 1.82) is 0 Å². The first-order valence-corrected chi connectivity index (χ1v) is 7.64. The number of aromatic nitrogens is 1. The second kappa shape index (κ2) is 5.64. The van der Waals surface area contributed by atoms with Crippen molar-refractivity contribution in [2.75, 3.05) is 20.2 Å². The van der Waals surface area contributed by atoms with E-state index >= 15 is 0 Å². The molecule has 3 rings (SSSR count). The van der Waals surface area contributed by atoms with Crippen LogP contribution in [0, 0.1) is 5.92 Å². The summed E-state index contributed by atoms with van der Waals surface area (Å²) >= 11 is 0. The van der Waals surface area contributed by atoms with Crippen LogP contribution in [-0.2, 0) is 0 Å². The average Bonchev–Trinajstić information content (AvgIpc) is 2.53. The van der Waals surface area contributed by atoms with Crippen LogP contribution in [-0.4, -0.2) is 46.7 Å². The molecule has 2 heterocycles. The van der Waals surface area contributed by atoms with Crippen LogP contribution in [0.4, 0.5) is 0 Å². The number of amides is 1. The van der Waals surface area contributed by atoms with Crippen molar-refractivity contribution in [2.24, 2.45) is 5.92 Å². The highest BCUT2D eigenvalue weighted by molar-refractivity contribution is 5.94. The van der Waals surface area contributed by atoms with E-state index in [4.69, 9.17) is 4.74 Å². The number of pyridine rings is 1. The summed E-state index contributed by atoms with van der Waals surface area (Å²) in [6.07, 6.45) is 6.39. The van der Waals surface area contributed by atoms with E-state index in [-0.39, 0.29) is 11.8 Å². The second-order valence-corrected chi connectivity index (χ2v) is 6.14. The minimum Gasteiger partial charge on any atom is -0.481 e. The molecule has 1 saturated carbocycles. The number of likely N-dealkylation sites (tertiary alicyclic amines) is 1. The molecule has 2 fully saturated rings. The molecule has 1 aliphatic carbocycles. The summed E-state index contributed by atoms with van der Waals surface area (Å²) in [5, 5.41) is 10.7. The van der Waals surface area contributed by atoms with E-state index in [0.29, 0.717) is 31.0 Å². The first-order valence-electron chi connectivity index (χ1n) is 7.64. The van der Waals surface area contributed by atoms with Gasteiger partial charge in [-0.3, -0.25) is 4.79 Å². The Bertz CT molecular complexity index is 517. The highest BCUT2D eigenvalue weighted by Gasteiger charge is 2.43. The van der Waals surface area contributed by atoms with Crippen LogP contribution in [0.2, 0.25) is 0 Å². The molecule has 2 atom stereocenters. The molecule has 0 radical (unpaired) electrons. The van der Waals surface area contributed by atoms with Crippen molar-refractivity contribution in [3.8, 4) is 5.88 Å². The van der Waals surface area contributed by atoms with Crippen molar-refractivity contribution in [1.82, 2.24) is 9.88 Å². The maximum absolute atomic E-state index is 12.5. The first-order chi connectivity index (χ1) is 10.1. The summed E-state index contributed by atoms with van der Waals surface area (Å²) in [5.41, 5.74) is 0.0322. The van der Waals surface area contributed by atoms with Crippen LogP contribution >= 0.6 is 0 Å². The van der Waals surface area contributed by atoms with Gasteiger partial charge in [-0.05, 0) is 25.3 Å². The van der Waals surface area contributed by atoms with Crippen molar-refractivity contribution in [3.05, 3.63) is 23.9 Å². The smallest absolute Gasteiger partial charge is 0.255 e. The standard InChI is InChI=1S/C16H22N2O3/c1-21-14-6-5-12(10-17-14)15(19)18-9-8-16(20)7-3-2-4-13(16)11-18/h5-6,10,13,20H,2-4,7-9,11H2,1H3. The third-order valence-electron chi connectivity index (χ3n) is 4.91. The zero-order valence-corrected chi connectivity index (χ0v) is 12.4. The summed E-state index contributed by atoms with van der Waals surface area (Å²) in [6, 6.07) is 3.45. The largest absolute Gasteiger partial charge is 0.481 e. The molecule has 21 heavy (non-hydrogen) atoms. The van der Waals surface area contributed by atoms with Crippen molar-refractivity contribution >= 4 is 5.91 Å². The van der Waals surface area contributed by atoms with Gasteiger partial charge in [0, 0.05) is 31.3 Å². The second-order valence-electron chi connectivity index (χ2n) is 6.14. The first kappa shape index (κ1) is 14.3. The molecule has 1 aromatic rings. The molecule has 5 nitrogen and oxygen atoms in total. The Balaban J connectivity index is 1.70. The van der Waals surface area contributed by atoms with E-state index in [1.54, 1.807) is 25.4 Å². The zero-order chi connectivity index (χ0) is 14.9. The van der Waals surface area contributed by atoms with Crippen LogP contribution in [0.1, 0.15) is 42.5 Å². The predicted molar refractivity (Wildman–Crippen MR) is 78.2 cm³/mol. The summed E-state index contributed by atoms with van der Waals surface area (Å²) in [6.45, 7) is 1.28. The number of piperidine rings is 1. The van der Waals surface area contributed by atoms with E-state index in [0.717, 1.165) is 25.7 Å². The molecular formula is C16H22N2O3. The van der Waals surface area contributed by atoms with E-state index in [9.17, 15) is 9.90 Å². The lowest BCUT2D eigenvalue weighted by Gasteiger charge is -2.47. The fourth-order valence-electron chi connectivity index (χ4n) is 3.57. The molecule has 0 aromatic carbocycles. The molecule has 1 N–H and O–H groups in total. The Morgan fingerprint density at radius 2 is 2.29 bits per heavy atom. The van der Waals surface area contributed by atoms with Gasteiger partial charge in [-0.1, -0.05) is 12.8 Å². The van der Waals surface area contributed by atoms with E-state index < -0.39 is 5.60 Å². The van der Waals surface area contributed by atoms with Crippen LogP contribution in [0.25, 0.3) is 0 Å². The number of rotatable bonds is 2. The van der Waals surface area contributed by atoms with Crippen molar-refractivity contribution < 1.29 is 14.6 Å². The molecule has 1 amide bonds. The number of hydrogen-bond donors (Lipinski definition) is 1. The highest BCUT2D eigenvalue weighted by atomic mass is 16.5. The molecule has 0 bridgehead atoms. The number of nitrogens with zero attached hydrogens (tertiary/aromatic N) is 2. The van der Waals surface area contributed by atoms with Gasteiger partial charge in [0.1, 0.15) is 0 Å². The molecule has 0 spiro atoms. The third-order valence-corrected chi connectivity index (χ3v) is 4.91. The van der Waals surface area contributed by atoms with Crippen LogP contribution < -0.4 is 4.74 Å². The monoisotopic (exact) mass is 290 g/mol. The minimum absolute atomic E-state index is 0.00206. The van der Waals surface area contributed by atoms with E-state index in [2.05, 4.69) is 4.98 Å². The molecule has 5 heteroatoms. The molecule has 2 aliphatic rings. The average molecular weight is 290 g/mol. The Morgan fingerprint density at radius 3 is 3.00 bits per heavy atom. The zero-order valence-electron chi connectivity index (χ0n) is 12.4. The van der Waals surface area contributed by atoms with Gasteiger partial charge < -0.3 is 14.7 Å². The predicted octanol–water partition coefficient (Wildman–Crippen LogP) is 1.86. The fourth-order valence-corrected chi connectivity index (χ4v) is 3.57. The van der Waals surface area contributed by atoms with Crippen LogP contribution in [0.5, 0.6) is 5.88 Å². The minimum atomic E-state index is -0.548. The Hall–Kier alpha value is -1.62. The topological polar surface area (TPSA) is 62.7 Å². The summed E-state index contributed by atoms with van der Waals surface area (Å²) in [5.74, 6) is 0.722. The molecule has 1 aromatic heterocycles. The molecule has 1 saturated heterocycles. The van der Waals surface area contributed by atoms with Gasteiger partial charge in [-0.25, -0.2) is 4.98 Å². The quantitative estimate of drug-likeness (QED) is 0.903. The normalized spacial score (nSPS) is 28.9. The van der Waals surface area contributed by atoms with E-state index in [1.165, 1.54) is 0 Å². The van der Waals surface area contributed by atoms with Crippen molar-refractivity contribution in [2.45, 2.75) is 37.7 Å². The lowest BCUT2D eigenvalue weighted by atomic mass is 9.71. The number of carbonyl (C=O) groups excluding carboxylic acids is 1. The number of methoxy groups -OCH3 is 1. The molecule has 1 aliphatic heterocycles. The van der Waals surface area contributed by atoms with Gasteiger partial charge in [-0.15, -0.1) is 0 Å². The number of hydrogen-bond acceptors (Lipinski definition) is 4. The van der Waals surface area contributed by atoms with Gasteiger partial charge in [0.25, 0.3) is 5.91 Å². The summed E-state index contributed by atoms with van der Waals surface area (Å²) in [4.78, 5) is 18.5. The number of ether oxygens (including phenoxy) is 1. The molecule has 2 unspecified atom stereocenters. The Kier molecular flexibility index (Phi) is 3.85. The number of fused-ring (bicyclic) bond motifs is 1. The van der Waals surface area contributed by atoms with Gasteiger partial charge in [0.2, 0.25) is 5.88 Å². The van der Waals surface area contributed by atoms with Crippen molar-refractivity contribution in [3.63, 3.8) is 0 Å². The number of carbonyl (C=O) groups is 1. The van der Waals surface area contributed by atoms with E-state index in [1.807, 2.05) is 4.90 Å². The van der Waals surface area contributed by atoms with Gasteiger partial charge >= 0.3 is 0 Å². The Morgan fingerprint density at radius 1 is 1.43 bits per heavy atom. The van der Waals surface area contributed by atoms with Gasteiger partial charge in [0.05, 0.1) is 18.3 Å². The lowest BCUT2D eigenvalue weighted by molar-refractivity contribution is -0.0886. The van der Waals surface area contributed by atoms with Gasteiger partial charge in [-0.2, -0.15) is 0 Å². The van der Waals surface area contributed by atoms with Gasteiger partial charge in [0.15, 0.2) is 0 Å². The lowest BCUT2D eigenvalue weighted by Crippen LogP contribution is -2.54. The third kappa shape index (κ3) is 2.75. The maximum atomic E-state index is 12.5. The summed E-state index contributed by atoms with van der Waals surface area (Å²) in [7, 11) is 1.55. The van der Waals surface area contributed by atoms with Crippen LogP contribution in [0.15, 0.2) is 18.3 Å². The Labute approximate surface area is 124 Å². The SMILES string of the molecule is COc1ccc(C(=O)N2CCC3(O)CCCCC3C2)cn1. The number of aliphatic hydroxyl groups is 1. The molecular weight excluding hydrogens is 268 g/mol. The molecule has 114 valence electrons. The fraction of sp³-hybridized carbons (Fsp3) is 0.625.